The van der Waals surface area contributed by atoms with E-state index >= 15 is 0 Å². The lowest BCUT2D eigenvalue weighted by atomic mass is 10.2. The Hall–Kier alpha value is -1.81. The number of benzene rings is 2. The van der Waals surface area contributed by atoms with Crippen molar-refractivity contribution >= 4 is 27.7 Å². The molecule has 2 aromatic rings. The zero-order chi connectivity index (χ0) is 15.1. The highest BCUT2D eigenvalue weighted by atomic mass is 79.9. The zero-order valence-electron chi connectivity index (χ0n) is 12.0. The predicted molar refractivity (Wildman–Crippen MR) is 88.4 cm³/mol. The van der Waals surface area contributed by atoms with Gasteiger partial charge in [0.2, 0.25) is 0 Å². The number of hydrogen-bond donors (Lipinski definition) is 0. The molecule has 0 spiro atoms. The van der Waals surface area contributed by atoms with Crippen LogP contribution in [0, 0.1) is 0 Å². The molecule has 3 nitrogen and oxygen atoms in total. The maximum atomic E-state index is 12.3. The van der Waals surface area contributed by atoms with Crippen LogP contribution < -0.4 is 4.90 Å². The lowest BCUT2D eigenvalue weighted by Crippen LogP contribution is -2.32. The Morgan fingerprint density at radius 1 is 1.10 bits per heavy atom. The highest BCUT2D eigenvalue weighted by Gasteiger charge is 2.16. The van der Waals surface area contributed by atoms with E-state index in [9.17, 15) is 4.79 Å². The van der Waals surface area contributed by atoms with Gasteiger partial charge >= 0.3 is 6.09 Å². The molecule has 0 aromatic heterocycles. The lowest BCUT2D eigenvalue weighted by Gasteiger charge is -2.21. The first-order valence-electron chi connectivity index (χ1n) is 6.94. The summed E-state index contributed by atoms with van der Waals surface area (Å²) in [7, 11) is 0. The number of anilines is 1. The minimum Gasteiger partial charge on any atom is -0.444 e. The van der Waals surface area contributed by atoms with Crippen LogP contribution in [0.5, 0.6) is 0 Å². The van der Waals surface area contributed by atoms with Gasteiger partial charge in [-0.15, -0.1) is 0 Å². The maximum absolute atomic E-state index is 12.3. The number of hydrogen-bond acceptors (Lipinski definition) is 2. The van der Waals surface area contributed by atoms with Gasteiger partial charge in [0.05, 0.1) is 0 Å². The standard InChI is InChI=1S/C17H18BrNO2/c1-2-12-19(16-10-8-15(18)9-11-16)17(20)21-13-14-6-4-3-5-7-14/h3-11H,2,12-13H2,1H3. The molecule has 21 heavy (non-hydrogen) atoms. The number of rotatable bonds is 5. The Balaban J connectivity index is 2.03. The number of nitrogens with zero attached hydrogens (tertiary/aromatic N) is 1. The Morgan fingerprint density at radius 2 is 1.76 bits per heavy atom. The molecule has 4 heteroatoms. The molecule has 0 heterocycles. The van der Waals surface area contributed by atoms with Crippen molar-refractivity contribution in [1.82, 2.24) is 0 Å². The molecular formula is C17H18BrNO2. The largest absolute Gasteiger partial charge is 0.444 e. The van der Waals surface area contributed by atoms with Crippen LogP contribution in [-0.4, -0.2) is 12.6 Å². The molecule has 0 atom stereocenters. The van der Waals surface area contributed by atoms with E-state index in [2.05, 4.69) is 15.9 Å². The second-order valence-corrected chi connectivity index (χ2v) is 5.58. The average Bonchev–Trinajstić information content (AvgIpc) is 2.52. The van der Waals surface area contributed by atoms with E-state index in [4.69, 9.17) is 4.74 Å². The summed E-state index contributed by atoms with van der Waals surface area (Å²) >= 11 is 3.40. The third-order valence-corrected chi connectivity index (χ3v) is 3.54. The first-order valence-corrected chi connectivity index (χ1v) is 7.74. The van der Waals surface area contributed by atoms with Crippen molar-refractivity contribution in [2.75, 3.05) is 11.4 Å². The summed E-state index contributed by atoms with van der Waals surface area (Å²) in [6.07, 6.45) is 0.555. The Labute approximate surface area is 133 Å². The maximum Gasteiger partial charge on any atom is 0.414 e. The van der Waals surface area contributed by atoms with E-state index in [1.54, 1.807) is 4.90 Å². The zero-order valence-corrected chi connectivity index (χ0v) is 13.5. The molecule has 1 amide bonds. The van der Waals surface area contributed by atoms with Gasteiger partial charge in [0, 0.05) is 16.7 Å². The molecule has 2 aromatic carbocycles. The molecule has 0 aliphatic rings. The average molecular weight is 348 g/mol. The molecule has 0 bridgehead atoms. The normalized spacial score (nSPS) is 10.2. The van der Waals surface area contributed by atoms with E-state index in [1.807, 2.05) is 61.5 Å². The van der Waals surface area contributed by atoms with Crippen molar-refractivity contribution in [2.24, 2.45) is 0 Å². The molecule has 2 rings (SSSR count). The number of carbonyl (C=O) groups is 1. The first-order chi connectivity index (χ1) is 10.2. The second kappa shape index (κ2) is 7.84. The minimum absolute atomic E-state index is 0.288. The predicted octanol–water partition coefficient (Wildman–Crippen LogP) is 5.00. The van der Waals surface area contributed by atoms with Crippen LogP contribution in [0.25, 0.3) is 0 Å². The fourth-order valence-electron chi connectivity index (χ4n) is 1.97. The molecule has 0 aliphatic heterocycles. The summed E-state index contributed by atoms with van der Waals surface area (Å²) in [6.45, 7) is 2.96. The summed E-state index contributed by atoms with van der Waals surface area (Å²) in [4.78, 5) is 13.9. The minimum atomic E-state index is -0.317. The van der Waals surface area contributed by atoms with Gasteiger partial charge in [0.15, 0.2) is 0 Å². The molecule has 0 N–H and O–H groups in total. The summed E-state index contributed by atoms with van der Waals surface area (Å²) in [5.74, 6) is 0. The summed E-state index contributed by atoms with van der Waals surface area (Å²) < 4.78 is 6.39. The second-order valence-electron chi connectivity index (χ2n) is 4.67. The Morgan fingerprint density at radius 3 is 2.38 bits per heavy atom. The van der Waals surface area contributed by atoms with Crippen molar-refractivity contribution in [2.45, 2.75) is 20.0 Å². The molecule has 0 saturated heterocycles. The number of carbonyl (C=O) groups excluding carboxylic acids is 1. The molecule has 0 unspecified atom stereocenters. The van der Waals surface area contributed by atoms with Crippen LogP contribution in [0.4, 0.5) is 10.5 Å². The molecular weight excluding hydrogens is 330 g/mol. The van der Waals surface area contributed by atoms with Crippen LogP contribution in [0.2, 0.25) is 0 Å². The quantitative estimate of drug-likeness (QED) is 0.761. The van der Waals surface area contributed by atoms with Crippen molar-refractivity contribution in [1.29, 1.82) is 0 Å². The molecule has 0 saturated carbocycles. The summed E-state index contributed by atoms with van der Waals surface area (Å²) in [5, 5.41) is 0. The number of halogens is 1. The van der Waals surface area contributed by atoms with Gasteiger partial charge in [0.25, 0.3) is 0 Å². The van der Waals surface area contributed by atoms with Gasteiger partial charge in [0.1, 0.15) is 6.61 Å². The lowest BCUT2D eigenvalue weighted by molar-refractivity contribution is 0.147. The molecule has 0 fully saturated rings. The summed E-state index contributed by atoms with van der Waals surface area (Å²) in [6, 6.07) is 17.3. The van der Waals surface area contributed by atoms with Crippen molar-refractivity contribution < 1.29 is 9.53 Å². The van der Waals surface area contributed by atoms with Crippen molar-refractivity contribution in [3.63, 3.8) is 0 Å². The molecule has 0 aliphatic carbocycles. The van der Waals surface area contributed by atoms with Gasteiger partial charge < -0.3 is 4.74 Å². The van der Waals surface area contributed by atoms with E-state index in [1.165, 1.54) is 0 Å². The van der Waals surface area contributed by atoms with Gasteiger partial charge in [-0.1, -0.05) is 53.2 Å². The highest BCUT2D eigenvalue weighted by molar-refractivity contribution is 9.10. The van der Waals surface area contributed by atoms with E-state index in [0.717, 1.165) is 22.1 Å². The van der Waals surface area contributed by atoms with Crippen LogP contribution in [0.1, 0.15) is 18.9 Å². The summed E-state index contributed by atoms with van der Waals surface area (Å²) in [5.41, 5.74) is 1.83. The van der Waals surface area contributed by atoms with Crippen LogP contribution in [0.15, 0.2) is 59.1 Å². The Bertz CT molecular complexity index is 569. The van der Waals surface area contributed by atoms with Crippen LogP contribution in [-0.2, 0) is 11.3 Å². The van der Waals surface area contributed by atoms with Crippen molar-refractivity contribution in [3.05, 3.63) is 64.6 Å². The van der Waals surface area contributed by atoms with E-state index in [-0.39, 0.29) is 12.7 Å². The fourth-order valence-corrected chi connectivity index (χ4v) is 2.23. The Kier molecular flexibility index (Phi) is 5.81. The molecule has 110 valence electrons. The van der Waals surface area contributed by atoms with E-state index in [0.29, 0.717) is 6.54 Å². The molecule has 0 radical (unpaired) electrons. The van der Waals surface area contributed by atoms with Gasteiger partial charge in [-0.2, -0.15) is 0 Å². The van der Waals surface area contributed by atoms with E-state index < -0.39 is 0 Å². The van der Waals surface area contributed by atoms with Crippen molar-refractivity contribution in [3.8, 4) is 0 Å². The SMILES string of the molecule is CCCN(C(=O)OCc1ccccc1)c1ccc(Br)cc1. The highest BCUT2D eigenvalue weighted by Crippen LogP contribution is 2.20. The number of amides is 1. The fraction of sp³-hybridized carbons (Fsp3) is 0.235. The third-order valence-electron chi connectivity index (χ3n) is 3.01. The first kappa shape index (κ1) is 15.6. The van der Waals surface area contributed by atoms with Gasteiger partial charge in [-0.3, -0.25) is 4.90 Å². The number of ether oxygens (including phenoxy) is 1. The van der Waals surface area contributed by atoms with Crippen LogP contribution >= 0.6 is 15.9 Å². The van der Waals surface area contributed by atoms with Gasteiger partial charge in [-0.05, 0) is 36.2 Å². The van der Waals surface area contributed by atoms with Crippen LogP contribution in [0.3, 0.4) is 0 Å². The third kappa shape index (κ3) is 4.60. The monoisotopic (exact) mass is 347 g/mol. The van der Waals surface area contributed by atoms with Gasteiger partial charge in [-0.25, -0.2) is 4.79 Å². The smallest absolute Gasteiger partial charge is 0.414 e. The topological polar surface area (TPSA) is 29.5 Å².